The van der Waals surface area contributed by atoms with E-state index >= 15 is 0 Å². The SMILES string of the molecule is CN1CCN(C)C(CC(CCC(C)(C)C)NN)C1. The Kier molecular flexibility index (Phi) is 6.05. The molecule has 1 fully saturated rings. The van der Waals surface area contributed by atoms with Crippen LogP contribution in [-0.2, 0) is 0 Å². The van der Waals surface area contributed by atoms with E-state index in [0.29, 0.717) is 17.5 Å². The van der Waals surface area contributed by atoms with Crippen molar-refractivity contribution < 1.29 is 0 Å². The van der Waals surface area contributed by atoms with Crippen molar-refractivity contribution in [2.75, 3.05) is 33.7 Å². The molecule has 0 saturated carbocycles. The Morgan fingerprint density at radius 3 is 2.50 bits per heavy atom. The van der Waals surface area contributed by atoms with Gasteiger partial charge < -0.3 is 9.80 Å². The second kappa shape index (κ2) is 6.85. The molecule has 4 heteroatoms. The van der Waals surface area contributed by atoms with E-state index in [1.165, 1.54) is 13.0 Å². The Bertz CT molecular complexity index is 236. The van der Waals surface area contributed by atoms with Crippen molar-refractivity contribution in [3.63, 3.8) is 0 Å². The van der Waals surface area contributed by atoms with Crippen LogP contribution in [0.2, 0.25) is 0 Å². The quantitative estimate of drug-likeness (QED) is 0.574. The molecule has 3 N–H and O–H groups in total. The molecular formula is C14H32N4. The lowest BCUT2D eigenvalue weighted by molar-refractivity contribution is 0.0987. The average molecular weight is 256 g/mol. The molecule has 0 aromatic rings. The third-order valence-electron chi connectivity index (χ3n) is 4.02. The van der Waals surface area contributed by atoms with Crippen LogP contribution in [0, 0.1) is 5.41 Å². The van der Waals surface area contributed by atoms with Gasteiger partial charge in [-0.1, -0.05) is 20.8 Å². The van der Waals surface area contributed by atoms with Crippen LogP contribution in [0.25, 0.3) is 0 Å². The molecule has 1 aliphatic rings. The van der Waals surface area contributed by atoms with E-state index in [9.17, 15) is 0 Å². The highest BCUT2D eigenvalue weighted by molar-refractivity contribution is 4.83. The van der Waals surface area contributed by atoms with Gasteiger partial charge in [-0.3, -0.25) is 11.3 Å². The number of piperazine rings is 1. The van der Waals surface area contributed by atoms with Gasteiger partial charge in [-0.25, -0.2) is 0 Å². The zero-order chi connectivity index (χ0) is 13.8. The minimum absolute atomic E-state index is 0.393. The standard InChI is InChI=1S/C14H32N4/c1-14(2,3)7-6-12(16-15)10-13-11-17(4)8-9-18(13)5/h12-13,16H,6-11,15H2,1-5H3. The van der Waals surface area contributed by atoms with Crippen molar-refractivity contribution in [1.29, 1.82) is 0 Å². The van der Waals surface area contributed by atoms with Crippen LogP contribution in [0.4, 0.5) is 0 Å². The summed E-state index contributed by atoms with van der Waals surface area (Å²) in [5.74, 6) is 5.72. The summed E-state index contributed by atoms with van der Waals surface area (Å²) in [6, 6.07) is 1.06. The molecule has 0 spiro atoms. The summed E-state index contributed by atoms with van der Waals surface area (Å²) in [7, 11) is 4.44. The lowest BCUT2D eigenvalue weighted by atomic mass is 9.87. The van der Waals surface area contributed by atoms with Crippen molar-refractivity contribution in [3.8, 4) is 0 Å². The number of nitrogens with one attached hydrogen (secondary N) is 1. The largest absolute Gasteiger partial charge is 0.304 e. The first-order valence-corrected chi connectivity index (χ1v) is 7.17. The molecule has 2 unspecified atom stereocenters. The summed E-state index contributed by atoms with van der Waals surface area (Å²) in [5, 5.41) is 0. The van der Waals surface area contributed by atoms with Gasteiger partial charge in [-0.15, -0.1) is 0 Å². The molecule has 0 aliphatic carbocycles. The maximum Gasteiger partial charge on any atom is 0.0235 e. The third kappa shape index (κ3) is 5.65. The Morgan fingerprint density at radius 1 is 1.28 bits per heavy atom. The van der Waals surface area contributed by atoms with Gasteiger partial charge >= 0.3 is 0 Å². The molecule has 2 atom stereocenters. The summed E-state index contributed by atoms with van der Waals surface area (Å²) in [5.41, 5.74) is 3.41. The van der Waals surface area contributed by atoms with Crippen LogP contribution in [-0.4, -0.2) is 55.6 Å². The second-order valence-corrected chi connectivity index (χ2v) is 7.10. The van der Waals surface area contributed by atoms with Gasteiger partial charge in [0.15, 0.2) is 0 Å². The minimum atomic E-state index is 0.393. The lowest BCUT2D eigenvalue weighted by Gasteiger charge is -2.39. The number of rotatable bonds is 5. The molecule has 0 radical (unpaired) electrons. The van der Waals surface area contributed by atoms with E-state index in [0.717, 1.165) is 25.9 Å². The Balaban J connectivity index is 2.41. The van der Waals surface area contributed by atoms with E-state index in [-0.39, 0.29) is 0 Å². The summed E-state index contributed by atoms with van der Waals surface area (Å²) < 4.78 is 0. The van der Waals surface area contributed by atoms with E-state index in [1.807, 2.05) is 0 Å². The smallest absolute Gasteiger partial charge is 0.0235 e. The molecule has 0 aromatic heterocycles. The van der Waals surface area contributed by atoms with Crippen LogP contribution >= 0.6 is 0 Å². The fourth-order valence-electron chi connectivity index (χ4n) is 2.56. The summed E-state index contributed by atoms with van der Waals surface area (Å²) in [6.07, 6.45) is 3.52. The molecule has 108 valence electrons. The van der Waals surface area contributed by atoms with E-state index < -0.39 is 0 Å². The average Bonchev–Trinajstić information content (AvgIpc) is 2.27. The van der Waals surface area contributed by atoms with Crippen molar-refractivity contribution in [2.45, 2.75) is 52.1 Å². The zero-order valence-corrected chi connectivity index (χ0v) is 12.9. The van der Waals surface area contributed by atoms with E-state index in [2.05, 4.69) is 50.1 Å². The highest BCUT2D eigenvalue weighted by Crippen LogP contribution is 2.23. The molecule has 4 nitrogen and oxygen atoms in total. The molecular weight excluding hydrogens is 224 g/mol. The second-order valence-electron chi connectivity index (χ2n) is 7.10. The van der Waals surface area contributed by atoms with Crippen LogP contribution in [0.1, 0.15) is 40.0 Å². The van der Waals surface area contributed by atoms with Gasteiger partial charge in [0.2, 0.25) is 0 Å². The Labute approximate surface area is 113 Å². The van der Waals surface area contributed by atoms with Crippen molar-refractivity contribution in [1.82, 2.24) is 15.2 Å². The summed E-state index contributed by atoms with van der Waals surface area (Å²) in [6.45, 7) is 10.4. The van der Waals surface area contributed by atoms with Gasteiger partial charge in [0.1, 0.15) is 0 Å². The maximum absolute atomic E-state index is 5.72. The zero-order valence-electron chi connectivity index (χ0n) is 12.9. The van der Waals surface area contributed by atoms with Gasteiger partial charge in [-0.05, 0) is 38.8 Å². The molecule has 1 rings (SSSR count). The molecule has 0 aromatic carbocycles. The predicted octanol–water partition coefficient (Wildman–Crippen LogP) is 1.28. The molecule has 0 amide bonds. The first-order chi connectivity index (χ1) is 8.31. The highest BCUT2D eigenvalue weighted by atomic mass is 15.3. The van der Waals surface area contributed by atoms with Crippen molar-refractivity contribution >= 4 is 0 Å². The summed E-state index contributed by atoms with van der Waals surface area (Å²) >= 11 is 0. The summed E-state index contributed by atoms with van der Waals surface area (Å²) in [4.78, 5) is 4.89. The molecule has 1 heterocycles. The minimum Gasteiger partial charge on any atom is -0.304 e. The van der Waals surface area contributed by atoms with Crippen LogP contribution in [0.5, 0.6) is 0 Å². The number of hydrogen-bond donors (Lipinski definition) is 2. The fraction of sp³-hybridized carbons (Fsp3) is 1.00. The van der Waals surface area contributed by atoms with Crippen LogP contribution < -0.4 is 11.3 Å². The first-order valence-electron chi connectivity index (χ1n) is 7.17. The fourth-order valence-corrected chi connectivity index (χ4v) is 2.56. The third-order valence-corrected chi connectivity index (χ3v) is 4.02. The van der Waals surface area contributed by atoms with Crippen molar-refractivity contribution in [3.05, 3.63) is 0 Å². The predicted molar refractivity (Wildman–Crippen MR) is 78.3 cm³/mol. The van der Waals surface area contributed by atoms with E-state index in [1.54, 1.807) is 0 Å². The monoisotopic (exact) mass is 256 g/mol. The van der Waals surface area contributed by atoms with Gasteiger partial charge in [0.25, 0.3) is 0 Å². The topological polar surface area (TPSA) is 44.5 Å². The highest BCUT2D eigenvalue weighted by Gasteiger charge is 2.25. The normalized spacial score (nSPS) is 25.3. The maximum atomic E-state index is 5.72. The Morgan fingerprint density at radius 2 is 1.94 bits per heavy atom. The van der Waals surface area contributed by atoms with E-state index in [4.69, 9.17) is 5.84 Å². The van der Waals surface area contributed by atoms with Gasteiger partial charge in [0, 0.05) is 31.7 Å². The lowest BCUT2D eigenvalue weighted by Crippen LogP contribution is -2.52. The molecule has 1 saturated heterocycles. The number of nitrogens with zero attached hydrogens (tertiary/aromatic N) is 2. The van der Waals surface area contributed by atoms with Crippen molar-refractivity contribution in [2.24, 2.45) is 11.3 Å². The number of hydrogen-bond acceptors (Lipinski definition) is 4. The first kappa shape index (κ1) is 15.9. The number of likely N-dealkylation sites (N-methyl/N-ethyl adjacent to an activating group) is 2. The van der Waals surface area contributed by atoms with Crippen LogP contribution in [0.15, 0.2) is 0 Å². The Hall–Kier alpha value is -0.160. The molecule has 1 aliphatic heterocycles. The van der Waals surface area contributed by atoms with Gasteiger partial charge in [0.05, 0.1) is 0 Å². The number of nitrogens with two attached hydrogens (primary N) is 1. The number of hydrazine groups is 1. The molecule has 18 heavy (non-hydrogen) atoms. The van der Waals surface area contributed by atoms with Crippen LogP contribution in [0.3, 0.4) is 0 Å². The molecule has 0 bridgehead atoms. The van der Waals surface area contributed by atoms with Gasteiger partial charge in [-0.2, -0.15) is 0 Å².